The molecule has 0 saturated carbocycles. The summed E-state index contributed by atoms with van der Waals surface area (Å²) in [5, 5.41) is 7.94. The SMILES string of the molecule is CCc1ccc(C2CNCCN2C(=O)c2cnn(-c3ccc(C)cc3)c2C)cc1. The first-order valence-corrected chi connectivity index (χ1v) is 10.3. The lowest BCUT2D eigenvalue weighted by Crippen LogP contribution is -2.48. The molecule has 2 aromatic carbocycles. The average Bonchev–Trinajstić information content (AvgIpc) is 3.15. The van der Waals surface area contributed by atoms with Gasteiger partial charge in [0.1, 0.15) is 0 Å². The number of hydrogen-bond acceptors (Lipinski definition) is 3. The second-order valence-electron chi connectivity index (χ2n) is 7.70. The predicted molar refractivity (Wildman–Crippen MR) is 116 cm³/mol. The molecule has 2 heterocycles. The van der Waals surface area contributed by atoms with E-state index >= 15 is 0 Å². The third-order valence-electron chi connectivity index (χ3n) is 5.80. The molecule has 1 unspecified atom stereocenters. The molecule has 3 aromatic rings. The third-order valence-corrected chi connectivity index (χ3v) is 5.80. The van der Waals surface area contributed by atoms with Crippen LogP contribution in [0.3, 0.4) is 0 Å². The van der Waals surface area contributed by atoms with Crippen molar-refractivity contribution in [3.05, 3.63) is 82.7 Å². The van der Waals surface area contributed by atoms with E-state index in [2.05, 4.69) is 60.7 Å². The number of amides is 1. The van der Waals surface area contributed by atoms with E-state index in [9.17, 15) is 4.79 Å². The van der Waals surface area contributed by atoms with E-state index in [1.165, 1.54) is 16.7 Å². The van der Waals surface area contributed by atoms with Gasteiger partial charge in [-0.05, 0) is 43.5 Å². The van der Waals surface area contributed by atoms with Crippen LogP contribution >= 0.6 is 0 Å². The molecular formula is C24H28N4O. The van der Waals surface area contributed by atoms with Gasteiger partial charge in [0, 0.05) is 19.6 Å². The van der Waals surface area contributed by atoms with Crippen LogP contribution in [-0.4, -0.2) is 40.2 Å². The van der Waals surface area contributed by atoms with Gasteiger partial charge in [0.25, 0.3) is 5.91 Å². The van der Waals surface area contributed by atoms with Gasteiger partial charge in [-0.15, -0.1) is 0 Å². The zero-order valence-corrected chi connectivity index (χ0v) is 17.4. The van der Waals surface area contributed by atoms with Crippen molar-refractivity contribution in [2.24, 2.45) is 0 Å². The van der Waals surface area contributed by atoms with Gasteiger partial charge in [0.2, 0.25) is 0 Å². The van der Waals surface area contributed by atoms with Gasteiger partial charge in [-0.1, -0.05) is 48.9 Å². The number of hydrogen-bond donors (Lipinski definition) is 1. The van der Waals surface area contributed by atoms with Crippen LogP contribution in [0, 0.1) is 13.8 Å². The minimum Gasteiger partial charge on any atom is -0.329 e. The van der Waals surface area contributed by atoms with Crippen LogP contribution in [0.4, 0.5) is 0 Å². The van der Waals surface area contributed by atoms with Crippen LogP contribution in [0.1, 0.15) is 45.7 Å². The van der Waals surface area contributed by atoms with Gasteiger partial charge in [-0.2, -0.15) is 5.10 Å². The standard InChI is InChI=1S/C24H28N4O/c1-4-19-7-9-20(10-8-19)23-16-25-13-14-27(23)24(29)22-15-26-28(18(22)3)21-11-5-17(2)6-12-21/h5-12,15,23,25H,4,13-14,16H2,1-3H3. The lowest BCUT2D eigenvalue weighted by atomic mass is 10.00. The number of piperazine rings is 1. The molecule has 0 aliphatic carbocycles. The first-order chi connectivity index (χ1) is 14.1. The average molecular weight is 389 g/mol. The molecule has 5 heteroatoms. The first kappa shape index (κ1) is 19.4. The summed E-state index contributed by atoms with van der Waals surface area (Å²) in [4.78, 5) is 15.5. The molecular weight excluding hydrogens is 360 g/mol. The Morgan fingerprint density at radius 2 is 1.83 bits per heavy atom. The molecule has 0 spiro atoms. The lowest BCUT2D eigenvalue weighted by molar-refractivity contribution is 0.0633. The van der Waals surface area contributed by atoms with Crippen LogP contribution in [0.2, 0.25) is 0 Å². The summed E-state index contributed by atoms with van der Waals surface area (Å²) in [6.07, 6.45) is 2.72. The summed E-state index contributed by atoms with van der Waals surface area (Å²) in [6.45, 7) is 8.44. The Kier molecular flexibility index (Phi) is 5.49. The van der Waals surface area contributed by atoms with E-state index in [4.69, 9.17) is 0 Å². The largest absolute Gasteiger partial charge is 0.329 e. The predicted octanol–water partition coefficient (Wildman–Crippen LogP) is 3.84. The number of carbonyl (C=O) groups excluding carboxylic acids is 1. The summed E-state index contributed by atoms with van der Waals surface area (Å²) in [5.74, 6) is 0.0481. The molecule has 1 N–H and O–H groups in total. The Labute approximate surface area is 172 Å². The maximum absolute atomic E-state index is 13.5. The van der Waals surface area contributed by atoms with Crippen molar-refractivity contribution in [2.75, 3.05) is 19.6 Å². The molecule has 4 rings (SSSR count). The van der Waals surface area contributed by atoms with Crippen molar-refractivity contribution in [3.63, 3.8) is 0 Å². The second-order valence-corrected chi connectivity index (χ2v) is 7.70. The van der Waals surface area contributed by atoms with Gasteiger partial charge in [-0.3, -0.25) is 4.79 Å². The van der Waals surface area contributed by atoms with E-state index < -0.39 is 0 Å². The number of nitrogens with zero attached hydrogens (tertiary/aromatic N) is 3. The van der Waals surface area contributed by atoms with Crippen LogP contribution in [0.25, 0.3) is 5.69 Å². The van der Waals surface area contributed by atoms with Gasteiger partial charge in [0.05, 0.1) is 29.2 Å². The first-order valence-electron chi connectivity index (χ1n) is 10.3. The summed E-state index contributed by atoms with van der Waals surface area (Å²) < 4.78 is 1.85. The molecule has 150 valence electrons. The number of nitrogens with one attached hydrogen (secondary N) is 1. The Balaban J connectivity index is 1.62. The molecule has 5 nitrogen and oxygen atoms in total. The molecule has 0 bridgehead atoms. The van der Waals surface area contributed by atoms with Gasteiger partial charge < -0.3 is 10.2 Å². The molecule has 1 aliphatic rings. The van der Waals surface area contributed by atoms with Crippen molar-refractivity contribution >= 4 is 5.91 Å². The van der Waals surface area contributed by atoms with Crippen molar-refractivity contribution in [2.45, 2.75) is 33.2 Å². The second kappa shape index (κ2) is 8.21. The van der Waals surface area contributed by atoms with E-state index in [1.54, 1.807) is 6.20 Å². The molecule has 1 amide bonds. The molecule has 1 saturated heterocycles. The highest BCUT2D eigenvalue weighted by Crippen LogP contribution is 2.26. The highest BCUT2D eigenvalue weighted by Gasteiger charge is 2.30. The summed E-state index contributed by atoms with van der Waals surface area (Å²) in [6, 6.07) is 16.8. The molecule has 29 heavy (non-hydrogen) atoms. The van der Waals surface area contributed by atoms with Crippen LogP contribution in [-0.2, 0) is 6.42 Å². The zero-order chi connectivity index (χ0) is 20.4. The Bertz CT molecular complexity index is 989. The maximum Gasteiger partial charge on any atom is 0.257 e. The summed E-state index contributed by atoms with van der Waals surface area (Å²) in [5.41, 5.74) is 6.20. The quantitative estimate of drug-likeness (QED) is 0.739. The number of aryl methyl sites for hydroxylation is 2. The Morgan fingerprint density at radius 1 is 1.10 bits per heavy atom. The summed E-state index contributed by atoms with van der Waals surface area (Å²) >= 11 is 0. The molecule has 1 aromatic heterocycles. The fraction of sp³-hybridized carbons (Fsp3) is 0.333. The van der Waals surface area contributed by atoms with Crippen molar-refractivity contribution in [1.82, 2.24) is 20.0 Å². The highest BCUT2D eigenvalue weighted by molar-refractivity contribution is 5.95. The van der Waals surface area contributed by atoms with E-state index in [1.807, 2.05) is 28.6 Å². The van der Waals surface area contributed by atoms with E-state index in [-0.39, 0.29) is 11.9 Å². The van der Waals surface area contributed by atoms with E-state index in [0.29, 0.717) is 12.1 Å². The normalized spacial score (nSPS) is 16.8. The minimum atomic E-state index is 0.0317. The fourth-order valence-electron chi connectivity index (χ4n) is 3.94. The van der Waals surface area contributed by atoms with E-state index in [0.717, 1.165) is 30.9 Å². The van der Waals surface area contributed by atoms with Gasteiger partial charge in [-0.25, -0.2) is 4.68 Å². The van der Waals surface area contributed by atoms with Crippen molar-refractivity contribution < 1.29 is 4.79 Å². The van der Waals surface area contributed by atoms with Gasteiger partial charge in [0.15, 0.2) is 0 Å². The number of benzene rings is 2. The topological polar surface area (TPSA) is 50.2 Å². The number of aromatic nitrogens is 2. The van der Waals surface area contributed by atoms with Crippen LogP contribution in [0.15, 0.2) is 54.7 Å². The monoisotopic (exact) mass is 388 g/mol. The number of rotatable bonds is 4. The fourth-order valence-corrected chi connectivity index (χ4v) is 3.94. The third kappa shape index (κ3) is 3.83. The minimum absolute atomic E-state index is 0.0317. The van der Waals surface area contributed by atoms with Gasteiger partial charge >= 0.3 is 0 Å². The summed E-state index contributed by atoms with van der Waals surface area (Å²) in [7, 11) is 0. The Morgan fingerprint density at radius 3 is 2.52 bits per heavy atom. The lowest BCUT2D eigenvalue weighted by Gasteiger charge is -2.36. The maximum atomic E-state index is 13.5. The molecule has 1 aliphatic heterocycles. The molecule has 1 atom stereocenters. The smallest absolute Gasteiger partial charge is 0.257 e. The highest BCUT2D eigenvalue weighted by atomic mass is 16.2. The van der Waals surface area contributed by atoms with Crippen LogP contribution < -0.4 is 5.32 Å². The molecule has 1 fully saturated rings. The zero-order valence-electron chi connectivity index (χ0n) is 17.4. The molecule has 0 radical (unpaired) electrons. The number of carbonyl (C=O) groups is 1. The van der Waals surface area contributed by atoms with Crippen molar-refractivity contribution in [3.8, 4) is 5.69 Å². The van der Waals surface area contributed by atoms with Crippen LogP contribution in [0.5, 0.6) is 0 Å². The Hall–Kier alpha value is -2.92. The van der Waals surface area contributed by atoms with Crippen molar-refractivity contribution in [1.29, 1.82) is 0 Å².